The fourth-order valence-corrected chi connectivity index (χ4v) is 2.87. The summed E-state index contributed by atoms with van der Waals surface area (Å²) in [6, 6.07) is 0. The van der Waals surface area contributed by atoms with Gasteiger partial charge in [0.25, 0.3) is 0 Å². The number of ether oxygens (including phenoxy) is 2. The van der Waals surface area contributed by atoms with Crippen LogP contribution in [0.15, 0.2) is 0 Å². The first-order valence-corrected chi connectivity index (χ1v) is 7.91. The van der Waals surface area contributed by atoms with Crippen molar-refractivity contribution in [2.45, 2.75) is 63.8 Å². The predicted molar refractivity (Wildman–Crippen MR) is 75.3 cm³/mol. The average molecular weight is 271 g/mol. The van der Waals surface area contributed by atoms with Crippen LogP contribution in [0.25, 0.3) is 0 Å². The van der Waals surface area contributed by atoms with Crippen molar-refractivity contribution in [1.29, 1.82) is 0 Å². The fourth-order valence-electron chi connectivity index (χ4n) is 2.87. The number of piperidine rings is 1. The molecule has 0 bridgehead atoms. The van der Waals surface area contributed by atoms with Gasteiger partial charge >= 0.3 is 0 Å². The van der Waals surface area contributed by atoms with E-state index in [0.29, 0.717) is 12.2 Å². The molecule has 0 aromatic carbocycles. The number of hydrogen-bond donors (Lipinski definition) is 1. The molecule has 4 heteroatoms. The Balaban J connectivity index is 1.58. The SMILES string of the molecule is CC[C@@H](O)CN1CCC(OCC2CCCCO2)CC1. The van der Waals surface area contributed by atoms with Crippen molar-refractivity contribution in [3.8, 4) is 0 Å². The highest BCUT2D eigenvalue weighted by Gasteiger charge is 2.22. The molecule has 0 aliphatic carbocycles. The molecule has 2 saturated heterocycles. The smallest absolute Gasteiger partial charge is 0.0808 e. The number of hydrogen-bond acceptors (Lipinski definition) is 4. The van der Waals surface area contributed by atoms with Crippen molar-refractivity contribution in [3.63, 3.8) is 0 Å². The lowest BCUT2D eigenvalue weighted by Crippen LogP contribution is -2.41. The molecule has 0 saturated carbocycles. The second-order valence-corrected chi connectivity index (χ2v) is 5.88. The Hall–Kier alpha value is -0.160. The van der Waals surface area contributed by atoms with Crippen molar-refractivity contribution in [3.05, 3.63) is 0 Å². The summed E-state index contributed by atoms with van der Waals surface area (Å²) in [7, 11) is 0. The van der Waals surface area contributed by atoms with E-state index in [0.717, 1.165) is 58.5 Å². The van der Waals surface area contributed by atoms with Crippen LogP contribution in [0.5, 0.6) is 0 Å². The number of β-amino-alcohol motifs (C(OH)–C–C–N with tert-alkyl or cyclic N) is 1. The highest BCUT2D eigenvalue weighted by Crippen LogP contribution is 2.18. The van der Waals surface area contributed by atoms with Gasteiger partial charge in [-0.15, -0.1) is 0 Å². The maximum absolute atomic E-state index is 9.66. The van der Waals surface area contributed by atoms with E-state index < -0.39 is 0 Å². The van der Waals surface area contributed by atoms with E-state index in [-0.39, 0.29) is 6.10 Å². The van der Waals surface area contributed by atoms with Crippen LogP contribution in [0.1, 0.15) is 45.4 Å². The first-order valence-electron chi connectivity index (χ1n) is 7.91. The lowest BCUT2D eigenvalue weighted by atomic mass is 10.1. The third kappa shape index (κ3) is 5.38. The minimum Gasteiger partial charge on any atom is -0.392 e. The summed E-state index contributed by atoms with van der Waals surface area (Å²) in [5.41, 5.74) is 0. The van der Waals surface area contributed by atoms with Crippen molar-refractivity contribution >= 4 is 0 Å². The molecule has 0 radical (unpaired) electrons. The third-order valence-corrected chi connectivity index (χ3v) is 4.27. The number of aliphatic hydroxyl groups is 1. The molecule has 0 spiro atoms. The lowest BCUT2D eigenvalue weighted by molar-refractivity contribution is -0.0764. The predicted octanol–water partition coefficient (Wildman–Crippen LogP) is 1.81. The zero-order valence-corrected chi connectivity index (χ0v) is 12.2. The molecule has 0 aromatic heterocycles. The zero-order chi connectivity index (χ0) is 13.5. The van der Waals surface area contributed by atoms with E-state index in [9.17, 15) is 5.11 Å². The van der Waals surface area contributed by atoms with Gasteiger partial charge in [0.15, 0.2) is 0 Å². The van der Waals surface area contributed by atoms with Gasteiger partial charge in [0.2, 0.25) is 0 Å². The second kappa shape index (κ2) is 8.20. The monoisotopic (exact) mass is 271 g/mol. The van der Waals surface area contributed by atoms with E-state index in [1.54, 1.807) is 0 Å². The van der Waals surface area contributed by atoms with Gasteiger partial charge < -0.3 is 19.5 Å². The normalized spacial score (nSPS) is 28.4. The van der Waals surface area contributed by atoms with E-state index in [1.165, 1.54) is 12.8 Å². The van der Waals surface area contributed by atoms with Crippen molar-refractivity contribution in [2.24, 2.45) is 0 Å². The lowest BCUT2D eigenvalue weighted by Gasteiger charge is -2.34. The van der Waals surface area contributed by atoms with Crippen LogP contribution < -0.4 is 0 Å². The van der Waals surface area contributed by atoms with Crippen LogP contribution >= 0.6 is 0 Å². The third-order valence-electron chi connectivity index (χ3n) is 4.27. The van der Waals surface area contributed by atoms with Crippen LogP contribution in [0.2, 0.25) is 0 Å². The highest BCUT2D eigenvalue weighted by molar-refractivity contribution is 4.75. The van der Waals surface area contributed by atoms with Gasteiger partial charge in [0.05, 0.1) is 24.9 Å². The summed E-state index contributed by atoms with van der Waals surface area (Å²) in [6.45, 7) is 6.61. The van der Waals surface area contributed by atoms with E-state index in [4.69, 9.17) is 9.47 Å². The van der Waals surface area contributed by atoms with Crippen LogP contribution in [-0.2, 0) is 9.47 Å². The van der Waals surface area contributed by atoms with Crippen molar-refractivity contribution in [1.82, 2.24) is 4.90 Å². The molecule has 1 N–H and O–H groups in total. The zero-order valence-electron chi connectivity index (χ0n) is 12.2. The van der Waals surface area contributed by atoms with Gasteiger partial charge in [-0.2, -0.15) is 0 Å². The standard InChI is InChI=1S/C15H29NO3/c1-2-13(17)11-16-8-6-14(7-9-16)19-12-15-5-3-4-10-18-15/h13-15,17H,2-12H2,1H3/t13-,15?/m1/s1. The number of likely N-dealkylation sites (tertiary alicyclic amines) is 1. The molecule has 19 heavy (non-hydrogen) atoms. The molecule has 0 amide bonds. The molecule has 2 rings (SSSR count). The molecule has 4 nitrogen and oxygen atoms in total. The van der Waals surface area contributed by atoms with Gasteiger partial charge in [0, 0.05) is 26.2 Å². The molecule has 2 atom stereocenters. The largest absolute Gasteiger partial charge is 0.392 e. The molecule has 1 unspecified atom stereocenters. The molecular formula is C15H29NO3. The maximum Gasteiger partial charge on any atom is 0.0808 e. The first-order chi connectivity index (χ1) is 9.28. The van der Waals surface area contributed by atoms with Gasteiger partial charge in [-0.25, -0.2) is 0 Å². The summed E-state index contributed by atoms with van der Waals surface area (Å²) in [4.78, 5) is 2.35. The van der Waals surface area contributed by atoms with Gasteiger partial charge in [-0.05, 0) is 38.5 Å². The Labute approximate surface area is 117 Å². The summed E-state index contributed by atoms with van der Waals surface area (Å²) >= 11 is 0. The molecule has 0 aromatic rings. The highest BCUT2D eigenvalue weighted by atomic mass is 16.5. The molecule has 2 aliphatic rings. The molecular weight excluding hydrogens is 242 g/mol. The average Bonchev–Trinajstić information content (AvgIpc) is 2.47. The second-order valence-electron chi connectivity index (χ2n) is 5.88. The molecule has 2 fully saturated rings. The van der Waals surface area contributed by atoms with Gasteiger partial charge in [0.1, 0.15) is 0 Å². The molecule has 2 heterocycles. The van der Waals surface area contributed by atoms with Gasteiger partial charge in [-0.1, -0.05) is 6.92 Å². The van der Waals surface area contributed by atoms with Gasteiger partial charge in [-0.3, -0.25) is 0 Å². The quantitative estimate of drug-likeness (QED) is 0.800. The minimum absolute atomic E-state index is 0.173. The van der Waals surface area contributed by atoms with Crippen LogP contribution in [0.4, 0.5) is 0 Å². The Morgan fingerprint density at radius 1 is 1.26 bits per heavy atom. The topological polar surface area (TPSA) is 41.9 Å². The van der Waals surface area contributed by atoms with E-state index in [1.807, 2.05) is 6.92 Å². The molecule has 112 valence electrons. The van der Waals surface area contributed by atoms with Crippen molar-refractivity contribution in [2.75, 3.05) is 32.8 Å². The van der Waals surface area contributed by atoms with Crippen LogP contribution in [0.3, 0.4) is 0 Å². The Morgan fingerprint density at radius 2 is 2.05 bits per heavy atom. The number of nitrogens with zero attached hydrogens (tertiary/aromatic N) is 1. The van der Waals surface area contributed by atoms with E-state index >= 15 is 0 Å². The minimum atomic E-state index is -0.173. The Kier molecular flexibility index (Phi) is 6.57. The Bertz CT molecular complexity index is 236. The summed E-state index contributed by atoms with van der Waals surface area (Å²) < 4.78 is 11.7. The summed E-state index contributed by atoms with van der Waals surface area (Å²) in [5, 5.41) is 9.66. The maximum atomic E-state index is 9.66. The van der Waals surface area contributed by atoms with E-state index in [2.05, 4.69) is 4.90 Å². The van der Waals surface area contributed by atoms with Crippen LogP contribution in [0, 0.1) is 0 Å². The van der Waals surface area contributed by atoms with Crippen LogP contribution in [-0.4, -0.2) is 61.2 Å². The first kappa shape index (κ1) is 15.2. The molecule has 2 aliphatic heterocycles. The fraction of sp³-hybridized carbons (Fsp3) is 1.00. The number of aliphatic hydroxyl groups excluding tert-OH is 1. The summed E-state index contributed by atoms with van der Waals surface area (Å²) in [5.74, 6) is 0. The summed E-state index contributed by atoms with van der Waals surface area (Å²) in [6.07, 6.45) is 7.20. The number of rotatable bonds is 6. The van der Waals surface area contributed by atoms with Crippen molar-refractivity contribution < 1.29 is 14.6 Å². The Morgan fingerprint density at radius 3 is 2.68 bits per heavy atom.